The van der Waals surface area contributed by atoms with E-state index in [0.29, 0.717) is 24.2 Å². The molecule has 0 aliphatic rings. The average Bonchev–Trinajstić information content (AvgIpc) is 2.50. The van der Waals surface area contributed by atoms with Crippen LogP contribution in [0.2, 0.25) is 0 Å². The summed E-state index contributed by atoms with van der Waals surface area (Å²) in [5.41, 5.74) is 2.15. The Hall–Kier alpha value is -2.55. The Balaban J connectivity index is 2.31. The molecule has 2 aromatic rings. The zero-order chi connectivity index (χ0) is 15.1. The summed E-state index contributed by atoms with van der Waals surface area (Å²) in [5, 5.41) is 9.86. The van der Waals surface area contributed by atoms with Crippen molar-refractivity contribution in [1.82, 2.24) is 0 Å². The molecular weight excluding hydrogens is 264 g/mol. The van der Waals surface area contributed by atoms with Gasteiger partial charge in [0.2, 0.25) is 0 Å². The van der Waals surface area contributed by atoms with Crippen LogP contribution in [0.3, 0.4) is 0 Å². The number of hydrogen-bond donors (Lipinski definition) is 1. The number of ether oxygens (including phenoxy) is 1. The minimum absolute atomic E-state index is 0.181. The van der Waals surface area contributed by atoms with E-state index in [1.54, 1.807) is 31.2 Å². The summed E-state index contributed by atoms with van der Waals surface area (Å²) in [5.74, 6) is -0.176. The van der Waals surface area contributed by atoms with Crippen LogP contribution in [0.5, 0.6) is 5.75 Å². The number of phenolic OH excluding ortho intramolecular Hbond substituents is 1. The maximum absolute atomic E-state index is 12.1. The zero-order valence-electron chi connectivity index (χ0n) is 12.0. The summed E-state index contributed by atoms with van der Waals surface area (Å²) in [6.45, 7) is 2.10. The molecule has 0 spiro atoms. The molecule has 0 aromatic heterocycles. The fourth-order valence-corrected chi connectivity index (χ4v) is 2.02. The van der Waals surface area contributed by atoms with Crippen LogP contribution in [0.4, 0.5) is 0 Å². The second-order valence-corrected chi connectivity index (χ2v) is 4.61. The molecule has 108 valence electrons. The molecule has 2 rings (SSSR count). The number of para-hydroxylation sites is 1. The number of benzene rings is 2. The predicted molar refractivity (Wildman–Crippen MR) is 82.9 cm³/mol. The van der Waals surface area contributed by atoms with Crippen LogP contribution in [0.15, 0.2) is 60.2 Å². The van der Waals surface area contributed by atoms with E-state index in [1.165, 1.54) is 0 Å². The first-order chi connectivity index (χ1) is 10.2. The summed E-state index contributed by atoms with van der Waals surface area (Å²) in [7, 11) is 0. The summed E-state index contributed by atoms with van der Waals surface area (Å²) >= 11 is 0. The van der Waals surface area contributed by atoms with Crippen LogP contribution >= 0.6 is 0 Å². The number of carbonyl (C=O) groups excluding carboxylic acids is 1. The van der Waals surface area contributed by atoms with Crippen LogP contribution in [0.25, 0.3) is 6.08 Å². The molecule has 0 fully saturated rings. The van der Waals surface area contributed by atoms with Crippen LogP contribution < -0.4 is 0 Å². The van der Waals surface area contributed by atoms with Crippen LogP contribution in [0.1, 0.15) is 18.1 Å². The third-order valence-corrected chi connectivity index (χ3v) is 3.05. The van der Waals surface area contributed by atoms with Gasteiger partial charge in [-0.25, -0.2) is 4.79 Å². The third kappa shape index (κ3) is 4.21. The van der Waals surface area contributed by atoms with Crippen molar-refractivity contribution in [2.75, 3.05) is 6.61 Å². The van der Waals surface area contributed by atoms with Crippen molar-refractivity contribution in [2.24, 2.45) is 0 Å². The fourth-order valence-electron chi connectivity index (χ4n) is 2.02. The standard InChI is InChI=1S/C18H18O3/c1-2-21-18(20)16(12-14-8-4-3-5-9-14)13-15-10-6-7-11-17(15)19/h3-12,19H,2,13H2,1H3. The Morgan fingerprint density at radius 3 is 2.43 bits per heavy atom. The normalized spacial score (nSPS) is 11.2. The van der Waals surface area contributed by atoms with Crippen molar-refractivity contribution < 1.29 is 14.6 Å². The number of carbonyl (C=O) groups is 1. The Morgan fingerprint density at radius 1 is 1.10 bits per heavy atom. The Kier molecular flexibility index (Phi) is 5.16. The quantitative estimate of drug-likeness (QED) is 0.673. The van der Waals surface area contributed by atoms with Crippen molar-refractivity contribution >= 4 is 12.0 Å². The predicted octanol–water partition coefficient (Wildman–Crippen LogP) is 3.58. The fraction of sp³-hybridized carbons (Fsp3) is 0.167. The first-order valence-electron chi connectivity index (χ1n) is 6.90. The van der Waals surface area contributed by atoms with Crippen molar-refractivity contribution in [1.29, 1.82) is 0 Å². The number of hydrogen-bond acceptors (Lipinski definition) is 3. The first kappa shape index (κ1) is 14.9. The molecule has 3 nitrogen and oxygen atoms in total. The molecule has 0 radical (unpaired) electrons. The highest BCUT2D eigenvalue weighted by atomic mass is 16.5. The first-order valence-corrected chi connectivity index (χ1v) is 6.90. The number of aromatic hydroxyl groups is 1. The molecule has 0 atom stereocenters. The molecule has 1 N–H and O–H groups in total. The van der Waals surface area contributed by atoms with Crippen LogP contribution in [0, 0.1) is 0 Å². The highest BCUT2D eigenvalue weighted by molar-refractivity contribution is 5.94. The minimum atomic E-state index is -0.357. The van der Waals surface area contributed by atoms with Gasteiger partial charge in [0.25, 0.3) is 0 Å². The van der Waals surface area contributed by atoms with Gasteiger partial charge in [-0.05, 0) is 30.2 Å². The van der Waals surface area contributed by atoms with Gasteiger partial charge in [-0.15, -0.1) is 0 Å². The lowest BCUT2D eigenvalue weighted by Gasteiger charge is -2.09. The zero-order valence-corrected chi connectivity index (χ0v) is 12.0. The van der Waals surface area contributed by atoms with E-state index in [1.807, 2.05) is 36.4 Å². The van der Waals surface area contributed by atoms with E-state index in [2.05, 4.69) is 0 Å². The summed E-state index contributed by atoms with van der Waals surface area (Å²) in [6, 6.07) is 16.6. The largest absolute Gasteiger partial charge is 0.508 e. The molecular formula is C18H18O3. The second-order valence-electron chi connectivity index (χ2n) is 4.61. The molecule has 21 heavy (non-hydrogen) atoms. The Bertz CT molecular complexity index is 630. The van der Waals surface area contributed by atoms with E-state index in [0.717, 1.165) is 5.56 Å². The Labute approximate surface area is 124 Å². The van der Waals surface area contributed by atoms with Gasteiger partial charge in [0.15, 0.2) is 0 Å². The maximum Gasteiger partial charge on any atom is 0.334 e. The van der Waals surface area contributed by atoms with Crippen molar-refractivity contribution in [2.45, 2.75) is 13.3 Å². The molecule has 0 amide bonds. The number of esters is 1. The molecule has 0 saturated heterocycles. The van der Waals surface area contributed by atoms with E-state index in [-0.39, 0.29) is 11.7 Å². The van der Waals surface area contributed by atoms with E-state index in [4.69, 9.17) is 4.74 Å². The molecule has 0 bridgehead atoms. The Morgan fingerprint density at radius 2 is 1.76 bits per heavy atom. The summed E-state index contributed by atoms with van der Waals surface area (Å²) in [6.07, 6.45) is 2.13. The molecule has 0 aliphatic carbocycles. The number of rotatable bonds is 5. The van der Waals surface area contributed by atoms with Crippen molar-refractivity contribution in [3.63, 3.8) is 0 Å². The molecule has 3 heteroatoms. The topological polar surface area (TPSA) is 46.5 Å². The molecule has 2 aromatic carbocycles. The molecule has 0 unspecified atom stereocenters. The van der Waals surface area contributed by atoms with Crippen LogP contribution in [-0.4, -0.2) is 17.7 Å². The summed E-state index contributed by atoms with van der Waals surface area (Å²) < 4.78 is 5.10. The SMILES string of the molecule is CCOC(=O)C(=Cc1ccccc1)Cc1ccccc1O. The van der Waals surface area contributed by atoms with E-state index < -0.39 is 0 Å². The van der Waals surface area contributed by atoms with Gasteiger partial charge in [-0.1, -0.05) is 48.5 Å². The maximum atomic E-state index is 12.1. The molecule has 0 heterocycles. The van der Waals surface area contributed by atoms with Gasteiger partial charge in [-0.3, -0.25) is 0 Å². The van der Waals surface area contributed by atoms with Crippen molar-refractivity contribution in [3.8, 4) is 5.75 Å². The third-order valence-electron chi connectivity index (χ3n) is 3.05. The second kappa shape index (κ2) is 7.29. The monoisotopic (exact) mass is 282 g/mol. The van der Waals surface area contributed by atoms with E-state index >= 15 is 0 Å². The van der Waals surface area contributed by atoms with Crippen molar-refractivity contribution in [3.05, 3.63) is 71.3 Å². The number of phenols is 1. The highest BCUT2D eigenvalue weighted by Crippen LogP contribution is 2.21. The van der Waals surface area contributed by atoms with Gasteiger partial charge in [0.05, 0.1) is 6.61 Å². The van der Waals surface area contributed by atoms with Gasteiger partial charge >= 0.3 is 5.97 Å². The van der Waals surface area contributed by atoms with Gasteiger partial charge in [0, 0.05) is 12.0 Å². The van der Waals surface area contributed by atoms with Crippen LogP contribution in [-0.2, 0) is 16.0 Å². The lowest BCUT2D eigenvalue weighted by Crippen LogP contribution is -2.10. The van der Waals surface area contributed by atoms with E-state index in [9.17, 15) is 9.90 Å². The molecule has 0 saturated carbocycles. The summed E-state index contributed by atoms with van der Waals surface area (Å²) in [4.78, 5) is 12.1. The lowest BCUT2D eigenvalue weighted by atomic mass is 10.0. The van der Waals surface area contributed by atoms with Gasteiger partial charge in [0.1, 0.15) is 5.75 Å². The molecule has 0 aliphatic heterocycles. The minimum Gasteiger partial charge on any atom is -0.508 e. The average molecular weight is 282 g/mol. The van der Waals surface area contributed by atoms with Gasteiger partial charge < -0.3 is 9.84 Å². The highest BCUT2D eigenvalue weighted by Gasteiger charge is 2.13. The smallest absolute Gasteiger partial charge is 0.334 e. The van der Waals surface area contributed by atoms with Gasteiger partial charge in [-0.2, -0.15) is 0 Å². The lowest BCUT2D eigenvalue weighted by molar-refractivity contribution is -0.138.